The Balaban J connectivity index is 1.52. The van der Waals surface area contributed by atoms with Crippen LogP contribution in [0, 0.1) is 23.6 Å². The van der Waals surface area contributed by atoms with Crippen LogP contribution in [-0.4, -0.2) is 44.3 Å². The average molecular weight is 612 g/mol. The van der Waals surface area contributed by atoms with E-state index in [1.54, 1.807) is 4.90 Å². The molecule has 1 heterocycles. The van der Waals surface area contributed by atoms with Crippen LogP contribution < -0.4 is 0 Å². The standard InChI is InChI=1S/C31H34F5NO4S/c1-19(38)37-15-12-20(13-16-37)28(39)18-22-11-14-30(42(40,41)25-7-5-24(32)6-8-25)26(22)9-3-21-17-23(4-10-27(21)30)29(2,33)31(34,35)36/h4-8,10,17,20,22,26H,3,9,11-16,18H2,1-2H3/t22-,26-,29?,30-/m0/s1. The number of fused-ring (bicyclic) bond motifs is 3. The summed E-state index contributed by atoms with van der Waals surface area (Å²) < 4.78 is 96.5. The number of sulfone groups is 1. The van der Waals surface area contributed by atoms with E-state index < -0.39 is 43.7 Å². The zero-order chi connectivity index (χ0) is 30.7. The number of carbonyl (C=O) groups is 2. The van der Waals surface area contributed by atoms with E-state index in [0.29, 0.717) is 56.8 Å². The second-order valence-corrected chi connectivity index (χ2v) is 14.3. The van der Waals surface area contributed by atoms with Crippen molar-refractivity contribution in [3.63, 3.8) is 0 Å². The SMILES string of the molecule is CC(=O)N1CCC(C(=O)C[C@@H]2CC[C@@]3(S(=O)(=O)c4ccc(F)cc4)c4ccc(C(C)(F)C(F)(F)F)cc4CC[C@@H]23)CC1. The molecule has 3 aliphatic rings. The largest absolute Gasteiger partial charge is 0.426 e. The molecular weight excluding hydrogens is 577 g/mol. The average Bonchev–Trinajstić information content (AvgIpc) is 3.32. The summed E-state index contributed by atoms with van der Waals surface area (Å²) in [6.07, 6.45) is -2.82. The van der Waals surface area contributed by atoms with Gasteiger partial charge in [0.05, 0.1) is 4.90 Å². The van der Waals surface area contributed by atoms with Gasteiger partial charge in [0.15, 0.2) is 9.84 Å². The van der Waals surface area contributed by atoms with Gasteiger partial charge in [-0.05, 0) is 98.2 Å². The molecule has 0 N–H and O–H groups in total. The van der Waals surface area contributed by atoms with E-state index in [4.69, 9.17) is 0 Å². The maximum atomic E-state index is 14.9. The number of nitrogens with zero attached hydrogens (tertiary/aromatic N) is 1. The van der Waals surface area contributed by atoms with Crippen LogP contribution in [0.4, 0.5) is 22.0 Å². The molecule has 4 atom stereocenters. The normalized spacial score (nSPS) is 26.3. The minimum atomic E-state index is -5.16. The fourth-order valence-corrected chi connectivity index (χ4v) is 9.94. The van der Waals surface area contributed by atoms with Crippen molar-refractivity contribution in [2.45, 2.75) is 80.3 Å². The van der Waals surface area contributed by atoms with Crippen LogP contribution in [0.15, 0.2) is 47.4 Å². The molecule has 5 nitrogen and oxygen atoms in total. The molecule has 0 spiro atoms. The number of rotatable bonds is 6. The number of alkyl halides is 4. The molecular formula is C31H34F5NO4S. The van der Waals surface area contributed by atoms with Crippen molar-refractivity contribution in [1.82, 2.24) is 4.90 Å². The van der Waals surface area contributed by atoms with Gasteiger partial charge in [0.1, 0.15) is 16.3 Å². The third-order valence-electron chi connectivity index (χ3n) is 9.88. The maximum Gasteiger partial charge on any atom is 0.426 e. The lowest BCUT2D eigenvalue weighted by molar-refractivity contribution is -0.228. The Labute approximate surface area is 242 Å². The van der Waals surface area contributed by atoms with Crippen molar-refractivity contribution in [3.8, 4) is 0 Å². The highest BCUT2D eigenvalue weighted by Gasteiger charge is 2.61. The van der Waals surface area contributed by atoms with Gasteiger partial charge in [-0.2, -0.15) is 13.2 Å². The summed E-state index contributed by atoms with van der Waals surface area (Å²) >= 11 is 0. The number of piperidine rings is 1. The first-order valence-corrected chi connectivity index (χ1v) is 15.8. The van der Waals surface area contributed by atoms with Crippen LogP contribution >= 0.6 is 0 Å². The molecule has 228 valence electrons. The first kappa shape index (κ1) is 30.6. The van der Waals surface area contributed by atoms with E-state index in [2.05, 4.69) is 0 Å². The van der Waals surface area contributed by atoms with Gasteiger partial charge in [0.2, 0.25) is 11.6 Å². The van der Waals surface area contributed by atoms with Gasteiger partial charge in [-0.25, -0.2) is 17.2 Å². The smallest absolute Gasteiger partial charge is 0.343 e. The predicted molar refractivity (Wildman–Crippen MR) is 145 cm³/mol. The van der Waals surface area contributed by atoms with Crippen LogP contribution in [0.3, 0.4) is 0 Å². The summed E-state index contributed by atoms with van der Waals surface area (Å²) in [7, 11) is -4.22. The van der Waals surface area contributed by atoms with Gasteiger partial charge in [0.25, 0.3) is 0 Å². The van der Waals surface area contributed by atoms with Crippen LogP contribution in [0.2, 0.25) is 0 Å². The van der Waals surface area contributed by atoms with Gasteiger partial charge in [-0.1, -0.05) is 18.2 Å². The molecule has 0 aromatic heterocycles. The first-order chi connectivity index (χ1) is 19.6. The molecule has 2 fully saturated rings. The van der Waals surface area contributed by atoms with Gasteiger partial charge in [0, 0.05) is 32.4 Å². The number of hydrogen-bond donors (Lipinski definition) is 0. The third kappa shape index (κ3) is 4.95. The lowest BCUT2D eigenvalue weighted by Gasteiger charge is -2.43. The van der Waals surface area contributed by atoms with Crippen molar-refractivity contribution in [2.24, 2.45) is 17.8 Å². The molecule has 0 radical (unpaired) electrons. The summed E-state index contributed by atoms with van der Waals surface area (Å²) in [4.78, 5) is 26.7. The molecule has 42 heavy (non-hydrogen) atoms. The van der Waals surface area contributed by atoms with Gasteiger partial charge in [-0.15, -0.1) is 0 Å². The molecule has 2 aromatic rings. The topological polar surface area (TPSA) is 71.5 Å². The maximum absolute atomic E-state index is 14.9. The van der Waals surface area contributed by atoms with E-state index in [1.165, 1.54) is 25.1 Å². The fraction of sp³-hybridized carbons (Fsp3) is 0.548. The highest BCUT2D eigenvalue weighted by atomic mass is 32.2. The van der Waals surface area contributed by atoms with Crippen molar-refractivity contribution < 1.29 is 40.0 Å². The van der Waals surface area contributed by atoms with Crippen LogP contribution in [0.1, 0.15) is 69.1 Å². The van der Waals surface area contributed by atoms with Crippen molar-refractivity contribution in [1.29, 1.82) is 0 Å². The Kier molecular flexibility index (Phi) is 7.82. The minimum absolute atomic E-state index is 0.0256. The highest BCUT2D eigenvalue weighted by Crippen LogP contribution is 2.60. The Morgan fingerprint density at radius 1 is 0.976 bits per heavy atom. The number of aryl methyl sites for hydroxylation is 1. The Bertz CT molecular complexity index is 1480. The fourth-order valence-electron chi connectivity index (χ4n) is 7.44. The van der Waals surface area contributed by atoms with E-state index in [1.807, 2.05) is 0 Å². The van der Waals surface area contributed by atoms with E-state index in [9.17, 15) is 40.0 Å². The number of Topliss-reactive ketones (excluding diaryl/α,β-unsaturated/α-hetero) is 1. The summed E-state index contributed by atoms with van der Waals surface area (Å²) in [6, 6.07) is 7.91. The second-order valence-electron chi connectivity index (χ2n) is 12.1. The monoisotopic (exact) mass is 611 g/mol. The zero-order valence-corrected chi connectivity index (χ0v) is 24.3. The van der Waals surface area contributed by atoms with Crippen LogP contribution in [0.25, 0.3) is 0 Å². The number of carbonyl (C=O) groups excluding carboxylic acids is 2. The summed E-state index contributed by atoms with van der Waals surface area (Å²) in [5.74, 6) is -1.65. The molecule has 1 aliphatic heterocycles. The van der Waals surface area contributed by atoms with Crippen molar-refractivity contribution >= 4 is 21.5 Å². The van der Waals surface area contributed by atoms with Gasteiger partial charge >= 0.3 is 6.18 Å². The summed E-state index contributed by atoms with van der Waals surface area (Å²) in [5.41, 5.74) is -3.55. The van der Waals surface area contributed by atoms with Crippen LogP contribution in [0.5, 0.6) is 0 Å². The van der Waals surface area contributed by atoms with E-state index in [0.717, 1.165) is 24.3 Å². The third-order valence-corrected chi connectivity index (χ3v) is 12.5. The molecule has 1 amide bonds. The van der Waals surface area contributed by atoms with Crippen LogP contribution in [-0.2, 0) is 36.3 Å². The van der Waals surface area contributed by atoms with Gasteiger partial charge < -0.3 is 4.90 Å². The number of ketones is 1. The highest BCUT2D eigenvalue weighted by molar-refractivity contribution is 7.92. The Hall–Kier alpha value is -2.82. The number of halogens is 5. The number of hydrogen-bond acceptors (Lipinski definition) is 4. The molecule has 11 heteroatoms. The molecule has 2 aliphatic carbocycles. The zero-order valence-electron chi connectivity index (χ0n) is 23.5. The molecule has 1 unspecified atom stereocenters. The Morgan fingerprint density at radius 2 is 1.62 bits per heavy atom. The first-order valence-electron chi connectivity index (χ1n) is 14.3. The second kappa shape index (κ2) is 10.7. The lowest BCUT2D eigenvalue weighted by Crippen LogP contribution is -2.45. The summed E-state index contributed by atoms with van der Waals surface area (Å²) in [5, 5.41) is 0. The molecule has 5 rings (SSSR count). The van der Waals surface area contributed by atoms with Crippen molar-refractivity contribution in [3.05, 3.63) is 65.0 Å². The number of likely N-dealkylation sites (tertiary alicyclic amines) is 1. The minimum Gasteiger partial charge on any atom is -0.343 e. The quantitative estimate of drug-likeness (QED) is 0.279. The molecule has 1 saturated carbocycles. The predicted octanol–water partition coefficient (Wildman–Crippen LogP) is 6.43. The number of amides is 1. The summed E-state index contributed by atoms with van der Waals surface area (Å²) in [6.45, 7) is 2.92. The van der Waals surface area contributed by atoms with E-state index in [-0.39, 0.29) is 47.7 Å². The Morgan fingerprint density at radius 3 is 2.21 bits per heavy atom. The molecule has 2 aromatic carbocycles. The van der Waals surface area contributed by atoms with Crippen molar-refractivity contribution in [2.75, 3.05) is 13.1 Å². The lowest BCUT2D eigenvalue weighted by atomic mass is 9.71. The number of benzene rings is 2. The molecule has 1 saturated heterocycles. The van der Waals surface area contributed by atoms with E-state index >= 15 is 0 Å². The molecule has 0 bridgehead atoms. The van der Waals surface area contributed by atoms with Gasteiger partial charge in [-0.3, -0.25) is 9.59 Å².